The summed E-state index contributed by atoms with van der Waals surface area (Å²) in [6, 6.07) is 14.9. The largest absolute Gasteiger partial charge is 0.171 e. The SMILES string of the molecule is C[C@@H](S)c1ccc2ccccc2c1. The molecule has 0 heterocycles. The number of hydrogen-bond donors (Lipinski definition) is 1. The molecular weight excluding hydrogens is 176 g/mol. The van der Waals surface area contributed by atoms with Crippen molar-refractivity contribution in [3.63, 3.8) is 0 Å². The zero-order valence-electron chi connectivity index (χ0n) is 7.57. The van der Waals surface area contributed by atoms with Gasteiger partial charge < -0.3 is 0 Å². The molecule has 0 N–H and O–H groups in total. The van der Waals surface area contributed by atoms with E-state index in [2.05, 4.69) is 62.0 Å². The topological polar surface area (TPSA) is 0 Å². The molecule has 0 aliphatic rings. The monoisotopic (exact) mass is 188 g/mol. The summed E-state index contributed by atoms with van der Waals surface area (Å²) >= 11 is 4.41. The van der Waals surface area contributed by atoms with Crippen LogP contribution in [0.5, 0.6) is 0 Å². The van der Waals surface area contributed by atoms with Crippen molar-refractivity contribution in [1.82, 2.24) is 0 Å². The van der Waals surface area contributed by atoms with Crippen LogP contribution in [0.4, 0.5) is 0 Å². The van der Waals surface area contributed by atoms with Gasteiger partial charge in [0.2, 0.25) is 0 Å². The van der Waals surface area contributed by atoms with E-state index >= 15 is 0 Å². The molecule has 66 valence electrons. The first-order valence-electron chi connectivity index (χ1n) is 4.44. The molecule has 13 heavy (non-hydrogen) atoms. The molecule has 2 aromatic rings. The van der Waals surface area contributed by atoms with Gasteiger partial charge in [0.1, 0.15) is 0 Å². The second-order valence-electron chi connectivity index (χ2n) is 3.28. The smallest absolute Gasteiger partial charge is 0.0239 e. The first kappa shape index (κ1) is 8.64. The van der Waals surface area contributed by atoms with Gasteiger partial charge in [-0.1, -0.05) is 42.5 Å². The molecule has 0 radical (unpaired) electrons. The molecule has 0 saturated heterocycles. The second kappa shape index (κ2) is 3.43. The van der Waals surface area contributed by atoms with Crippen molar-refractivity contribution in [2.75, 3.05) is 0 Å². The summed E-state index contributed by atoms with van der Waals surface area (Å²) < 4.78 is 0. The number of benzene rings is 2. The number of rotatable bonds is 1. The first-order valence-corrected chi connectivity index (χ1v) is 4.96. The summed E-state index contributed by atoms with van der Waals surface area (Å²) in [7, 11) is 0. The summed E-state index contributed by atoms with van der Waals surface area (Å²) in [6.45, 7) is 2.09. The third-order valence-electron chi connectivity index (χ3n) is 2.26. The molecule has 1 heteroatoms. The standard InChI is InChI=1S/C12H12S/c1-9(13)11-7-6-10-4-2-3-5-12(10)8-11/h2-9,13H,1H3/t9-/m1/s1. The van der Waals surface area contributed by atoms with Crippen LogP contribution in [0.2, 0.25) is 0 Å². The normalized spacial score (nSPS) is 13.1. The van der Waals surface area contributed by atoms with Crippen LogP contribution in [0, 0.1) is 0 Å². The third-order valence-corrected chi connectivity index (χ3v) is 2.55. The lowest BCUT2D eigenvalue weighted by Gasteiger charge is -2.05. The lowest BCUT2D eigenvalue weighted by molar-refractivity contribution is 1.12. The minimum Gasteiger partial charge on any atom is -0.171 e. The molecule has 1 atom stereocenters. The molecule has 2 rings (SSSR count). The molecule has 0 aliphatic heterocycles. The molecule has 0 saturated carbocycles. The van der Waals surface area contributed by atoms with Crippen LogP contribution >= 0.6 is 12.6 Å². The predicted molar refractivity (Wildman–Crippen MR) is 61.3 cm³/mol. The zero-order valence-corrected chi connectivity index (χ0v) is 8.46. The lowest BCUT2D eigenvalue weighted by atomic mass is 10.1. The van der Waals surface area contributed by atoms with Crippen molar-refractivity contribution < 1.29 is 0 Å². The number of thiol groups is 1. The van der Waals surface area contributed by atoms with Crippen LogP contribution in [0.3, 0.4) is 0 Å². The second-order valence-corrected chi connectivity index (χ2v) is 4.06. The summed E-state index contributed by atoms with van der Waals surface area (Å²) in [5, 5.41) is 2.89. The Hall–Kier alpha value is -0.950. The molecule has 0 nitrogen and oxygen atoms in total. The van der Waals surface area contributed by atoms with Crippen LogP contribution in [-0.4, -0.2) is 0 Å². The van der Waals surface area contributed by atoms with Crippen molar-refractivity contribution in [3.8, 4) is 0 Å². The maximum absolute atomic E-state index is 4.41. The molecule has 0 spiro atoms. The van der Waals surface area contributed by atoms with Crippen molar-refractivity contribution >= 4 is 23.4 Å². The minimum atomic E-state index is 0.310. The van der Waals surface area contributed by atoms with E-state index in [-0.39, 0.29) is 0 Å². The average Bonchev–Trinajstić information content (AvgIpc) is 2.17. The van der Waals surface area contributed by atoms with Gasteiger partial charge in [0.05, 0.1) is 0 Å². The van der Waals surface area contributed by atoms with Gasteiger partial charge >= 0.3 is 0 Å². The highest BCUT2D eigenvalue weighted by Gasteiger charge is 1.99. The third kappa shape index (κ3) is 1.70. The van der Waals surface area contributed by atoms with E-state index in [4.69, 9.17) is 0 Å². The Kier molecular flexibility index (Phi) is 2.28. The Morgan fingerprint density at radius 3 is 2.38 bits per heavy atom. The van der Waals surface area contributed by atoms with Crippen LogP contribution in [0.1, 0.15) is 17.7 Å². The number of hydrogen-bond acceptors (Lipinski definition) is 1. The van der Waals surface area contributed by atoms with Gasteiger partial charge in [0.15, 0.2) is 0 Å². The summed E-state index contributed by atoms with van der Waals surface area (Å²) in [5.41, 5.74) is 1.28. The van der Waals surface area contributed by atoms with E-state index in [9.17, 15) is 0 Å². The average molecular weight is 188 g/mol. The van der Waals surface area contributed by atoms with Gasteiger partial charge in [-0.15, -0.1) is 0 Å². The van der Waals surface area contributed by atoms with Crippen molar-refractivity contribution in [1.29, 1.82) is 0 Å². The fraction of sp³-hybridized carbons (Fsp3) is 0.167. The van der Waals surface area contributed by atoms with Gasteiger partial charge in [-0.25, -0.2) is 0 Å². The first-order chi connectivity index (χ1) is 6.27. The van der Waals surface area contributed by atoms with Crippen molar-refractivity contribution in [3.05, 3.63) is 48.0 Å². The quantitative estimate of drug-likeness (QED) is 0.646. The van der Waals surface area contributed by atoms with E-state index in [0.29, 0.717) is 5.25 Å². The molecule has 0 amide bonds. The van der Waals surface area contributed by atoms with E-state index < -0.39 is 0 Å². The van der Waals surface area contributed by atoms with Crippen molar-refractivity contribution in [2.24, 2.45) is 0 Å². The Bertz CT molecular complexity index is 418. The Morgan fingerprint density at radius 1 is 1.00 bits per heavy atom. The van der Waals surface area contributed by atoms with Gasteiger partial charge in [-0.05, 0) is 23.3 Å². The minimum absolute atomic E-state index is 0.310. The van der Waals surface area contributed by atoms with Gasteiger partial charge in [0, 0.05) is 5.25 Å². The van der Waals surface area contributed by atoms with E-state index in [1.54, 1.807) is 0 Å². The molecule has 0 aromatic heterocycles. The van der Waals surface area contributed by atoms with Gasteiger partial charge in [0.25, 0.3) is 0 Å². The molecule has 2 aromatic carbocycles. The summed E-state index contributed by atoms with van der Waals surface area (Å²) in [6.07, 6.45) is 0. The van der Waals surface area contributed by atoms with Crippen molar-refractivity contribution in [2.45, 2.75) is 12.2 Å². The van der Waals surface area contributed by atoms with Crippen LogP contribution in [0.15, 0.2) is 42.5 Å². The highest BCUT2D eigenvalue weighted by atomic mass is 32.1. The fourth-order valence-electron chi connectivity index (χ4n) is 1.47. The molecule has 0 fully saturated rings. The molecule has 0 bridgehead atoms. The van der Waals surface area contributed by atoms with E-state index in [1.165, 1.54) is 16.3 Å². The highest BCUT2D eigenvalue weighted by molar-refractivity contribution is 7.80. The predicted octanol–water partition coefficient (Wildman–Crippen LogP) is 3.83. The fourth-order valence-corrected chi connectivity index (χ4v) is 1.63. The highest BCUT2D eigenvalue weighted by Crippen LogP contribution is 2.23. The van der Waals surface area contributed by atoms with Crippen LogP contribution in [-0.2, 0) is 0 Å². The Balaban J connectivity index is 2.62. The van der Waals surface area contributed by atoms with Crippen LogP contribution in [0.25, 0.3) is 10.8 Å². The summed E-state index contributed by atoms with van der Waals surface area (Å²) in [5.74, 6) is 0. The molecule has 0 aliphatic carbocycles. The van der Waals surface area contributed by atoms with E-state index in [0.717, 1.165) is 0 Å². The Morgan fingerprint density at radius 2 is 1.69 bits per heavy atom. The van der Waals surface area contributed by atoms with Gasteiger partial charge in [-0.3, -0.25) is 0 Å². The zero-order chi connectivity index (χ0) is 9.26. The lowest BCUT2D eigenvalue weighted by Crippen LogP contribution is -1.83. The van der Waals surface area contributed by atoms with Gasteiger partial charge in [-0.2, -0.15) is 12.6 Å². The summed E-state index contributed by atoms with van der Waals surface area (Å²) in [4.78, 5) is 0. The molecule has 0 unspecified atom stereocenters. The van der Waals surface area contributed by atoms with E-state index in [1.807, 2.05) is 0 Å². The number of fused-ring (bicyclic) bond motifs is 1. The van der Waals surface area contributed by atoms with Crippen LogP contribution < -0.4 is 0 Å². The Labute approximate surface area is 84.0 Å². The molecular formula is C12H12S. The maximum atomic E-state index is 4.41. The maximum Gasteiger partial charge on any atom is 0.0239 e.